The van der Waals surface area contributed by atoms with Gasteiger partial charge in [0.15, 0.2) is 0 Å². The molecular formula is C23H28F2N2O. The summed E-state index contributed by atoms with van der Waals surface area (Å²) in [7, 11) is 0. The molecule has 28 heavy (non-hydrogen) atoms. The standard InChI is InChI=1S/C23H28F2N2O/c24-21-9-5-19(6-10-21)23(20-7-11-22(25)12-8-20)4-2-1-3-13-26-14-16-27(18-28)17-15-26/h5-12,18,23H,1-4,13-17H2. The lowest BCUT2D eigenvalue weighted by Gasteiger charge is -2.32. The molecule has 0 atom stereocenters. The minimum atomic E-state index is -0.240. The molecule has 150 valence electrons. The lowest BCUT2D eigenvalue weighted by Crippen LogP contribution is -2.45. The van der Waals surface area contributed by atoms with Crippen molar-refractivity contribution in [1.29, 1.82) is 0 Å². The summed E-state index contributed by atoms with van der Waals surface area (Å²) < 4.78 is 26.6. The molecule has 0 spiro atoms. The lowest BCUT2D eigenvalue weighted by atomic mass is 9.87. The third kappa shape index (κ3) is 5.86. The van der Waals surface area contributed by atoms with Crippen LogP contribution in [-0.4, -0.2) is 48.9 Å². The van der Waals surface area contributed by atoms with Gasteiger partial charge in [0.25, 0.3) is 0 Å². The maximum Gasteiger partial charge on any atom is 0.209 e. The maximum atomic E-state index is 13.3. The summed E-state index contributed by atoms with van der Waals surface area (Å²) in [5.74, 6) is -0.329. The fourth-order valence-electron chi connectivity index (χ4n) is 3.87. The van der Waals surface area contributed by atoms with Gasteiger partial charge in [0.1, 0.15) is 11.6 Å². The van der Waals surface area contributed by atoms with Crippen LogP contribution < -0.4 is 0 Å². The summed E-state index contributed by atoms with van der Waals surface area (Å²) >= 11 is 0. The van der Waals surface area contributed by atoms with E-state index in [4.69, 9.17) is 0 Å². The number of hydrogen-bond acceptors (Lipinski definition) is 2. The third-order valence-corrected chi connectivity index (χ3v) is 5.57. The van der Waals surface area contributed by atoms with E-state index < -0.39 is 0 Å². The van der Waals surface area contributed by atoms with Crippen molar-refractivity contribution in [1.82, 2.24) is 9.80 Å². The number of amides is 1. The first-order chi connectivity index (χ1) is 13.7. The van der Waals surface area contributed by atoms with Gasteiger partial charge < -0.3 is 4.90 Å². The normalized spacial score (nSPS) is 15.2. The molecular weight excluding hydrogens is 358 g/mol. The van der Waals surface area contributed by atoms with Gasteiger partial charge in [-0.25, -0.2) is 8.78 Å². The molecule has 1 aliphatic heterocycles. The Morgan fingerprint density at radius 3 is 1.82 bits per heavy atom. The Kier molecular flexibility index (Phi) is 7.54. The molecule has 3 nitrogen and oxygen atoms in total. The monoisotopic (exact) mass is 386 g/mol. The second-order valence-corrected chi connectivity index (χ2v) is 7.49. The van der Waals surface area contributed by atoms with E-state index in [1.165, 1.54) is 24.3 Å². The molecule has 1 fully saturated rings. The summed E-state index contributed by atoms with van der Waals surface area (Å²) in [6.07, 6.45) is 5.19. The predicted molar refractivity (Wildman–Crippen MR) is 107 cm³/mol. The van der Waals surface area contributed by atoms with Crippen LogP contribution in [0.5, 0.6) is 0 Å². The molecule has 1 amide bonds. The van der Waals surface area contributed by atoms with Crippen LogP contribution in [0.3, 0.4) is 0 Å². The van der Waals surface area contributed by atoms with E-state index in [2.05, 4.69) is 4.90 Å². The average Bonchev–Trinajstić information content (AvgIpc) is 2.73. The molecule has 0 N–H and O–H groups in total. The van der Waals surface area contributed by atoms with Crippen LogP contribution in [0.15, 0.2) is 48.5 Å². The Bertz CT molecular complexity index is 680. The summed E-state index contributed by atoms with van der Waals surface area (Å²) in [5, 5.41) is 0. The van der Waals surface area contributed by atoms with Crippen molar-refractivity contribution in [3.63, 3.8) is 0 Å². The molecule has 3 rings (SSSR count). The molecule has 1 saturated heterocycles. The minimum absolute atomic E-state index is 0.150. The zero-order chi connectivity index (χ0) is 19.8. The van der Waals surface area contributed by atoms with Gasteiger partial charge in [0, 0.05) is 32.1 Å². The highest BCUT2D eigenvalue weighted by Gasteiger charge is 2.16. The van der Waals surface area contributed by atoms with Gasteiger partial charge in [0.05, 0.1) is 0 Å². The molecule has 1 heterocycles. The molecule has 0 bridgehead atoms. The number of rotatable bonds is 9. The minimum Gasteiger partial charge on any atom is -0.343 e. The van der Waals surface area contributed by atoms with Gasteiger partial charge in [-0.15, -0.1) is 0 Å². The Morgan fingerprint density at radius 2 is 1.32 bits per heavy atom. The molecule has 5 heteroatoms. The van der Waals surface area contributed by atoms with Gasteiger partial charge >= 0.3 is 0 Å². The van der Waals surface area contributed by atoms with E-state index in [9.17, 15) is 13.6 Å². The van der Waals surface area contributed by atoms with Gasteiger partial charge in [-0.05, 0) is 54.8 Å². The van der Waals surface area contributed by atoms with E-state index >= 15 is 0 Å². The van der Waals surface area contributed by atoms with Crippen molar-refractivity contribution < 1.29 is 13.6 Å². The predicted octanol–water partition coefficient (Wildman–Crippen LogP) is 4.43. The highest BCUT2D eigenvalue weighted by molar-refractivity contribution is 5.47. The smallest absolute Gasteiger partial charge is 0.209 e. The summed E-state index contributed by atoms with van der Waals surface area (Å²) in [5.41, 5.74) is 2.14. The van der Waals surface area contributed by atoms with Crippen LogP contribution in [0.4, 0.5) is 8.78 Å². The molecule has 0 unspecified atom stereocenters. The number of piperazine rings is 1. The number of benzene rings is 2. The van der Waals surface area contributed by atoms with E-state index in [-0.39, 0.29) is 17.6 Å². The number of carbonyl (C=O) groups is 1. The van der Waals surface area contributed by atoms with Crippen molar-refractivity contribution in [2.24, 2.45) is 0 Å². The number of carbonyl (C=O) groups excluding carboxylic acids is 1. The Labute approximate surface area is 166 Å². The van der Waals surface area contributed by atoms with E-state index in [1.54, 1.807) is 0 Å². The number of halogens is 2. The number of unbranched alkanes of at least 4 members (excludes halogenated alkanes) is 2. The van der Waals surface area contributed by atoms with Gasteiger partial charge in [-0.3, -0.25) is 9.69 Å². The summed E-state index contributed by atoms with van der Waals surface area (Å²) in [6, 6.07) is 13.3. The summed E-state index contributed by atoms with van der Waals surface area (Å²) in [4.78, 5) is 15.0. The van der Waals surface area contributed by atoms with Crippen LogP contribution >= 0.6 is 0 Å². The van der Waals surface area contributed by atoms with Gasteiger partial charge in [0.2, 0.25) is 6.41 Å². The second kappa shape index (κ2) is 10.3. The fraction of sp³-hybridized carbons (Fsp3) is 0.435. The number of hydrogen-bond donors (Lipinski definition) is 0. The van der Waals surface area contributed by atoms with Crippen molar-refractivity contribution in [2.45, 2.75) is 31.6 Å². The fourth-order valence-corrected chi connectivity index (χ4v) is 3.87. The van der Waals surface area contributed by atoms with Crippen LogP contribution in [0.25, 0.3) is 0 Å². The summed E-state index contributed by atoms with van der Waals surface area (Å²) in [6.45, 7) is 4.60. The van der Waals surface area contributed by atoms with Crippen LogP contribution in [0, 0.1) is 11.6 Å². The Balaban J connectivity index is 1.50. The molecule has 0 aliphatic carbocycles. The maximum absolute atomic E-state index is 13.3. The van der Waals surface area contributed by atoms with Gasteiger partial charge in [-0.2, -0.15) is 0 Å². The van der Waals surface area contributed by atoms with Gasteiger partial charge in [-0.1, -0.05) is 37.1 Å². The molecule has 0 saturated carbocycles. The second-order valence-electron chi connectivity index (χ2n) is 7.49. The first-order valence-corrected chi connectivity index (χ1v) is 10.1. The Morgan fingerprint density at radius 1 is 0.786 bits per heavy atom. The molecule has 0 radical (unpaired) electrons. The number of nitrogens with zero attached hydrogens (tertiary/aromatic N) is 2. The van der Waals surface area contributed by atoms with E-state index in [1.807, 2.05) is 29.2 Å². The van der Waals surface area contributed by atoms with E-state index in [0.717, 1.165) is 75.9 Å². The zero-order valence-corrected chi connectivity index (χ0v) is 16.2. The van der Waals surface area contributed by atoms with Crippen molar-refractivity contribution in [3.8, 4) is 0 Å². The highest BCUT2D eigenvalue weighted by atomic mass is 19.1. The molecule has 2 aromatic carbocycles. The quantitative estimate of drug-likeness (QED) is 0.470. The molecule has 0 aromatic heterocycles. The largest absolute Gasteiger partial charge is 0.343 e. The van der Waals surface area contributed by atoms with E-state index in [0.29, 0.717) is 0 Å². The molecule has 1 aliphatic rings. The van der Waals surface area contributed by atoms with Crippen LogP contribution in [-0.2, 0) is 4.79 Å². The first kappa shape index (κ1) is 20.5. The van der Waals surface area contributed by atoms with Crippen molar-refractivity contribution >= 4 is 6.41 Å². The zero-order valence-electron chi connectivity index (χ0n) is 16.2. The van der Waals surface area contributed by atoms with Crippen molar-refractivity contribution in [3.05, 3.63) is 71.3 Å². The molecule has 2 aromatic rings. The lowest BCUT2D eigenvalue weighted by molar-refractivity contribution is -0.119. The first-order valence-electron chi connectivity index (χ1n) is 10.1. The van der Waals surface area contributed by atoms with Crippen LogP contribution in [0.1, 0.15) is 42.7 Å². The average molecular weight is 386 g/mol. The van der Waals surface area contributed by atoms with Crippen molar-refractivity contribution in [2.75, 3.05) is 32.7 Å². The SMILES string of the molecule is O=CN1CCN(CCCCCC(c2ccc(F)cc2)c2ccc(F)cc2)CC1. The third-order valence-electron chi connectivity index (χ3n) is 5.57. The van der Waals surface area contributed by atoms with Crippen LogP contribution in [0.2, 0.25) is 0 Å². The Hall–Kier alpha value is -2.27. The topological polar surface area (TPSA) is 23.6 Å². The highest BCUT2D eigenvalue weighted by Crippen LogP contribution is 2.30.